The van der Waals surface area contributed by atoms with E-state index >= 15 is 0 Å². The van der Waals surface area contributed by atoms with Crippen molar-refractivity contribution in [1.82, 2.24) is 9.78 Å². The molecule has 1 heterocycles. The molecule has 0 bridgehead atoms. The van der Waals surface area contributed by atoms with Crippen molar-refractivity contribution in [2.24, 2.45) is 12.8 Å². The summed E-state index contributed by atoms with van der Waals surface area (Å²) < 4.78 is 6.55. The number of primary amides is 1. The van der Waals surface area contributed by atoms with Crippen LogP contribution < -0.4 is 5.73 Å². The summed E-state index contributed by atoms with van der Waals surface area (Å²) in [4.78, 5) is 21.8. The molecule has 0 aliphatic carbocycles. The van der Waals surface area contributed by atoms with E-state index in [-0.39, 0.29) is 13.0 Å². The lowest BCUT2D eigenvalue weighted by atomic mass is 10.2. The van der Waals surface area contributed by atoms with E-state index in [0.717, 1.165) is 17.0 Å². The Balaban J connectivity index is 2.58. The van der Waals surface area contributed by atoms with E-state index in [4.69, 9.17) is 10.5 Å². The Morgan fingerprint density at radius 1 is 1.44 bits per heavy atom. The average molecular weight is 251 g/mol. The van der Waals surface area contributed by atoms with Crippen LogP contribution in [0.2, 0.25) is 0 Å². The summed E-state index contributed by atoms with van der Waals surface area (Å²) in [5.74, 6) is -0.996. The number of rotatable bonds is 5. The van der Waals surface area contributed by atoms with Crippen LogP contribution in [0.4, 0.5) is 0 Å². The highest BCUT2D eigenvalue weighted by molar-refractivity contribution is 5.87. The molecule has 1 aromatic heterocycles. The standard InChI is InChI=1S/C12H17N3O3/c1-8-10(9(2)15(3)14-8)4-5-12(17)18-7-6-11(13)16/h4-5H,6-7H2,1-3H3,(H2,13,16). The molecule has 6 heteroatoms. The molecule has 0 aromatic carbocycles. The molecule has 2 N–H and O–H groups in total. The molecular weight excluding hydrogens is 234 g/mol. The molecule has 0 saturated heterocycles. The van der Waals surface area contributed by atoms with Gasteiger partial charge in [0.1, 0.15) is 6.61 Å². The topological polar surface area (TPSA) is 87.2 Å². The number of aryl methyl sites for hydroxylation is 2. The number of esters is 1. The van der Waals surface area contributed by atoms with Crippen LogP contribution in [0.3, 0.4) is 0 Å². The maximum absolute atomic E-state index is 11.3. The molecule has 98 valence electrons. The quantitative estimate of drug-likeness (QED) is 0.608. The van der Waals surface area contributed by atoms with Crippen molar-refractivity contribution in [2.75, 3.05) is 6.61 Å². The van der Waals surface area contributed by atoms with Crippen molar-refractivity contribution < 1.29 is 14.3 Å². The van der Waals surface area contributed by atoms with Gasteiger partial charge < -0.3 is 10.5 Å². The normalized spacial score (nSPS) is 10.8. The first-order valence-corrected chi connectivity index (χ1v) is 5.55. The maximum atomic E-state index is 11.3. The van der Waals surface area contributed by atoms with E-state index in [9.17, 15) is 9.59 Å². The highest BCUT2D eigenvalue weighted by atomic mass is 16.5. The van der Waals surface area contributed by atoms with Gasteiger partial charge in [0.15, 0.2) is 0 Å². The third-order valence-corrected chi connectivity index (χ3v) is 2.54. The van der Waals surface area contributed by atoms with Crippen LogP contribution in [0.1, 0.15) is 23.4 Å². The summed E-state index contributed by atoms with van der Waals surface area (Å²) in [6.07, 6.45) is 3.01. The highest BCUT2D eigenvalue weighted by Gasteiger charge is 2.06. The minimum absolute atomic E-state index is 0.00348. The van der Waals surface area contributed by atoms with Gasteiger partial charge in [-0.25, -0.2) is 4.79 Å². The van der Waals surface area contributed by atoms with Crippen molar-refractivity contribution in [2.45, 2.75) is 20.3 Å². The number of nitrogens with two attached hydrogens (primary N) is 1. The highest BCUT2D eigenvalue weighted by Crippen LogP contribution is 2.13. The van der Waals surface area contributed by atoms with Crippen molar-refractivity contribution in [3.63, 3.8) is 0 Å². The zero-order valence-electron chi connectivity index (χ0n) is 10.8. The van der Waals surface area contributed by atoms with Crippen LogP contribution in [-0.2, 0) is 21.4 Å². The van der Waals surface area contributed by atoms with E-state index in [1.54, 1.807) is 10.8 Å². The number of aromatic nitrogens is 2. The zero-order valence-corrected chi connectivity index (χ0v) is 10.8. The van der Waals surface area contributed by atoms with Gasteiger partial charge in [0.2, 0.25) is 5.91 Å². The van der Waals surface area contributed by atoms with Crippen LogP contribution >= 0.6 is 0 Å². The van der Waals surface area contributed by atoms with E-state index in [2.05, 4.69) is 5.10 Å². The Bertz CT molecular complexity index is 489. The molecule has 18 heavy (non-hydrogen) atoms. The van der Waals surface area contributed by atoms with Gasteiger partial charge in [0.25, 0.3) is 0 Å². The fourth-order valence-electron chi connectivity index (χ4n) is 1.48. The molecular formula is C12H17N3O3. The summed E-state index contributed by atoms with van der Waals surface area (Å²) in [6, 6.07) is 0. The summed E-state index contributed by atoms with van der Waals surface area (Å²) in [5, 5.41) is 4.23. The third kappa shape index (κ3) is 3.73. The van der Waals surface area contributed by atoms with E-state index < -0.39 is 11.9 Å². The lowest BCUT2D eigenvalue weighted by molar-refractivity contribution is -0.138. The summed E-state index contributed by atoms with van der Waals surface area (Å²) in [5.41, 5.74) is 7.63. The Labute approximate surface area is 105 Å². The lowest BCUT2D eigenvalue weighted by Gasteiger charge is -1.99. The molecule has 0 atom stereocenters. The second-order valence-corrected chi connectivity index (χ2v) is 3.93. The van der Waals surface area contributed by atoms with Crippen LogP contribution in [0.15, 0.2) is 6.08 Å². The third-order valence-electron chi connectivity index (χ3n) is 2.54. The first-order valence-electron chi connectivity index (χ1n) is 5.55. The molecule has 0 radical (unpaired) electrons. The van der Waals surface area contributed by atoms with E-state index in [1.807, 2.05) is 20.9 Å². The van der Waals surface area contributed by atoms with Crippen molar-refractivity contribution in [3.8, 4) is 0 Å². The Kier molecular flexibility index (Phi) is 4.65. The molecule has 6 nitrogen and oxygen atoms in total. The molecule has 1 aromatic rings. The molecule has 0 fully saturated rings. The molecule has 1 rings (SSSR count). The van der Waals surface area contributed by atoms with E-state index in [0.29, 0.717) is 0 Å². The fraction of sp³-hybridized carbons (Fsp3) is 0.417. The van der Waals surface area contributed by atoms with Gasteiger partial charge in [-0.05, 0) is 19.9 Å². The minimum Gasteiger partial charge on any atom is -0.462 e. The van der Waals surface area contributed by atoms with E-state index in [1.165, 1.54) is 6.08 Å². The van der Waals surface area contributed by atoms with Crippen LogP contribution in [0.25, 0.3) is 6.08 Å². The van der Waals surface area contributed by atoms with Crippen molar-refractivity contribution >= 4 is 18.0 Å². The number of ether oxygens (including phenoxy) is 1. The summed E-state index contributed by atoms with van der Waals surface area (Å²) in [6.45, 7) is 3.78. The largest absolute Gasteiger partial charge is 0.462 e. The number of hydrogen-bond donors (Lipinski definition) is 1. The SMILES string of the molecule is Cc1nn(C)c(C)c1C=CC(=O)OCCC(N)=O. The summed E-state index contributed by atoms with van der Waals surface area (Å²) >= 11 is 0. The molecule has 0 unspecified atom stereocenters. The first kappa shape index (κ1) is 14.0. The maximum Gasteiger partial charge on any atom is 0.330 e. The number of nitrogens with zero attached hydrogens (tertiary/aromatic N) is 2. The summed E-state index contributed by atoms with van der Waals surface area (Å²) in [7, 11) is 1.84. The Morgan fingerprint density at radius 3 is 2.61 bits per heavy atom. The number of amides is 1. The average Bonchev–Trinajstić information content (AvgIpc) is 2.50. The lowest BCUT2D eigenvalue weighted by Crippen LogP contribution is -2.14. The van der Waals surface area contributed by atoms with Gasteiger partial charge in [0, 0.05) is 24.4 Å². The molecule has 0 aliphatic rings. The van der Waals surface area contributed by atoms with Crippen LogP contribution in [0.5, 0.6) is 0 Å². The Morgan fingerprint density at radius 2 is 2.11 bits per heavy atom. The predicted molar refractivity (Wildman–Crippen MR) is 66.5 cm³/mol. The van der Waals surface area contributed by atoms with Crippen LogP contribution in [-0.4, -0.2) is 28.3 Å². The molecule has 0 aliphatic heterocycles. The smallest absolute Gasteiger partial charge is 0.330 e. The fourth-order valence-corrected chi connectivity index (χ4v) is 1.48. The van der Waals surface area contributed by atoms with Gasteiger partial charge >= 0.3 is 5.97 Å². The van der Waals surface area contributed by atoms with Gasteiger partial charge in [0.05, 0.1) is 12.1 Å². The van der Waals surface area contributed by atoms with Gasteiger partial charge in [-0.1, -0.05) is 0 Å². The monoisotopic (exact) mass is 251 g/mol. The minimum atomic E-state index is -0.501. The number of carbonyl (C=O) groups is 2. The van der Waals surface area contributed by atoms with Gasteiger partial charge in [-0.15, -0.1) is 0 Å². The molecule has 1 amide bonds. The van der Waals surface area contributed by atoms with Gasteiger partial charge in [-0.2, -0.15) is 5.10 Å². The van der Waals surface area contributed by atoms with Crippen molar-refractivity contribution in [1.29, 1.82) is 0 Å². The number of carbonyl (C=O) groups excluding carboxylic acids is 2. The first-order chi connectivity index (χ1) is 8.41. The zero-order chi connectivity index (χ0) is 13.7. The Hall–Kier alpha value is -2.11. The molecule has 0 saturated carbocycles. The van der Waals surface area contributed by atoms with Crippen LogP contribution in [0, 0.1) is 13.8 Å². The predicted octanol–water partition coefficient (Wildman–Crippen LogP) is 0.469. The molecule has 0 spiro atoms. The second-order valence-electron chi connectivity index (χ2n) is 3.93. The second kappa shape index (κ2) is 6.00. The van der Waals surface area contributed by atoms with Gasteiger partial charge in [-0.3, -0.25) is 9.48 Å². The van der Waals surface area contributed by atoms with Crippen molar-refractivity contribution in [3.05, 3.63) is 23.0 Å². The number of hydrogen-bond acceptors (Lipinski definition) is 4.